The van der Waals surface area contributed by atoms with E-state index in [0.717, 1.165) is 22.0 Å². The number of anilines is 1. The van der Waals surface area contributed by atoms with Crippen LogP contribution >= 0.6 is 0 Å². The number of fused-ring (bicyclic) bond motifs is 2. The second kappa shape index (κ2) is 6.05. The maximum absolute atomic E-state index is 13.4. The Hall–Kier alpha value is -3.94. The fraction of sp³-hybridized carbons (Fsp3) is 0.0500. The van der Waals surface area contributed by atoms with Gasteiger partial charge in [-0.1, -0.05) is 6.07 Å². The molecule has 3 heterocycles. The summed E-state index contributed by atoms with van der Waals surface area (Å²) >= 11 is 0. The Balaban J connectivity index is 1.86. The van der Waals surface area contributed by atoms with Crippen molar-refractivity contribution >= 4 is 22.4 Å². The molecular weight excluding hydrogens is 357 g/mol. The standard InChI is InChI=1S/C20H14FN7/c1-11-8-9-23-16-7-4-13(10-15(11)16)18-17(12-2-5-14(21)6-3-12)24-19(22)20-25-26-27-28(18)20/h2-10H,1H3,(H2,22,24). The molecular formula is C20H14FN7. The predicted octanol–water partition coefficient (Wildman–Crippen LogP) is 3.43. The van der Waals surface area contributed by atoms with Crippen LogP contribution in [0.25, 0.3) is 39.1 Å². The molecule has 28 heavy (non-hydrogen) atoms. The summed E-state index contributed by atoms with van der Waals surface area (Å²) in [6, 6.07) is 14.0. The van der Waals surface area contributed by atoms with Crippen LogP contribution in [0.3, 0.4) is 0 Å². The van der Waals surface area contributed by atoms with E-state index < -0.39 is 0 Å². The summed E-state index contributed by atoms with van der Waals surface area (Å²) in [7, 11) is 0. The number of nitrogens with two attached hydrogens (primary N) is 1. The fourth-order valence-corrected chi connectivity index (χ4v) is 3.32. The first kappa shape index (κ1) is 16.2. The van der Waals surface area contributed by atoms with Gasteiger partial charge in [-0.25, -0.2) is 9.37 Å². The number of pyridine rings is 1. The Bertz CT molecular complexity index is 1340. The van der Waals surface area contributed by atoms with Gasteiger partial charge in [-0.3, -0.25) is 4.98 Å². The third-order valence-electron chi connectivity index (χ3n) is 4.72. The van der Waals surface area contributed by atoms with Crippen molar-refractivity contribution in [3.63, 3.8) is 0 Å². The van der Waals surface area contributed by atoms with Crippen LogP contribution in [0.2, 0.25) is 0 Å². The Morgan fingerprint density at radius 1 is 1.00 bits per heavy atom. The highest BCUT2D eigenvalue weighted by molar-refractivity contribution is 5.90. The lowest BCUT2D eigenvalue weighted by Crippen LogP contribution is -2.05. The number of hydrogen-bond acceptors (Lipinski definition) is 6. The monoisotopic (exact) mass is 371 g/mol. The lowest BCUT2D eigenvalue weighted by Gasteiger charge is -2.13. The maximum atomic E-state index is 13.4. The van der Waals surface area contributed by atoms with E-state index in [-0.39, 0.29) is 11.6 Å². The minimum Gasteiger partial charge on any atom is -0.380 e. The summed E-state index contributed by atoms with van der Waals surface area (Å²) in [6.45, 7) is 2.03. The summed E-state index contributed by atoms with van der Waals surface area (Å²) in [5.74, 6) is -0.124. The Kier molecular flexibility index (Phi) is 3.51. The van der Waals surface area contributed by atoms with Crippen molar-refractivity contribution < 1.29 is 4.39 Å². The van der Waals surface area contributed by atoms with Crippen LogP contribution in [0.4, 0.5) is 10.2 Å². The first-order valence-electron chi connectivity index (χ1n) is 8.61. The molecule has 0 fully saturated rings. The van der Waals surface area contributed by atoms with E-state index in [9.17, 15) is 4.39 Å². The second-order valence-corrected chi connectivity index (χ2v) is 6.48. The average Bonchev–Trinajstić information content (AvgIpc) is 3.19. The highest BCUT2D eigenvalue weighted by atomic mass is 19.1. The first-order valence-corrected chi connectivity index (χ1v) is 8.61. The molecule has 0 saturated heterocycles. The highest BCUT2D eigenvalue weighted by Crippen LogP contribution is 2.34. The van der Waals surface area contributed by atoms with Crippen LogP contribution < -0.4 is 5.73 Å². The number of benzene rings is 2. The van der Waals surface area contributed by atoms with Gasteiger partial charge in [0, 0.05) is 22.7 Å². The Labute approximate surface area is 158 Å². The zero-order valence-electron chi connectivity index (χ0n) is 14.8. The molecule has 0 amide bonds. The number of hydrogen-bond donors (Lipinski definition) is 1. The normalized spacial score (nSPS) is 11.4. The van der Waals surface area contributed by atoms with E-state index in [2.05, 4.69) is 25.5 Å². The van der Waals surface area contributed by atoms with Crippen molar-refractivity contribution in [1.82, 2.24) is 30.0 Å². The fourth-order valence-electron chi connectivity index (χ4n) is 3.32. The highest BCUT2D eigenvalue weighted by Gasteiger charge is 2.19. The van der Waals surface area contributed by atoms with E-state index >= 15 is 0 Å². The van der Waals surface area contributed by atoms with Crippen molar-refractivity contribution in [3.8, 4) is 22.5 Å². The molecule has 5 rings (SSSR count). The zero-order chi connectivity index (χ0) is 19.3. The van der Waals surface area contributed by atoms with Gasteiger partial charge in [0.1, 0.15) is 11.5 Å². The van der Waals surface area contributed by atoms with Crippen LogP contribution in [0.1, 0.15) is 5.56 Å². The quantitative estimate of drug-likeness (QED) is 0.511. The largest absolute Gasteiger partial charge is 0.380 e. The summed E-state index contributed by atoms with van der Waals surface area (Å²) in [6.07, 6.45) is 1.78. The molecule has 136 valence electrons. The average molecular weight is 371 g/mol. The summed E-state index contributed by atoms with van der Waals surface area (Å²) in [5.41, 5.74) is 11.2. The molecule has 0 atom stereocenters. The molecule has 0 saturated carbocycles. The minimum absolute atomic E-state index is 0.201. The van der Waals surface area contributed by atoms with E-state index in [4.69, 9.17) is 5.73 Å². The summed E-state index contributed by atoms with van der Waals surface area (Å²) < 4.78 is 15.0. The van der Waals surface area contributed by atoms with Crippen molar-refractivity contribution in [2.24, 2.45) is 0 Å². The van der Waals surface area contributed by atoms with Gasteiger partial charge in [-0.05, 0) is 65.4 Å². The van der Waals surface area contributed by atoms with Gasteiger partial charge in [-0.15, -0.1) is 5.10 Å². The van der Waals surface area contributed by atoms with Crippen LogP contribution in [0, 0.1) is 12.7 Å². The number of nitrogen functional groups attached to an aromatic ring is 1. The number of tetrazole rings is 1. The van der Waals surface area contributed by atoms with E-state index in [1.807, 2.05) is 31.2 Å². The number of halogens is 1. The lowest BCUT2D eigenvalue weighted by molar-refractivity contribution is 0.628. The Morgan fingerprint density at radius 3 is 2.61 bits per heavy atom. The topological polar surface area (TPSA) is 94.9 Å². The van der Waals surface area contributed by atoms with Crippen molar-refractivity contribution in [2.45, 2.75) is 6.92 Å². The van der Waals surface area contributed by atoms with Gasteiger partial charge in [0.15, 0.2) is 5.82 Å². The molecule has 0 aliphatic rings. The van der Waals surface area contributed by atoms with Crippen LogP contribution in [-0.2, 0) is 0 Å². The van der Waals surface area contributed by atoms with Gasteiger partial charge < -0.3 is 5.73 Å². The molecule has 0 radical (unpaired) electrons. The van der Waals surface area contributed by atoms with Crippen LogP contribution in [-0.4, -0.2) is 30.0 Å². The van der Waals surface area contributed by atoms with Crippen molar-refractivity contribution in [1.29, 1.82) is 0 Å². The SMILES string of the molecule is Cc1ccnc2ccc(-c3c(-c4ccc(F)cc4)nc(N)c4nnnn34)cc12. The smallest absolute Gasteiger partial charge is 0.222 e. The number of aromatic nitrogens is 6. The molecule has 2 aromatic carbocycles. The van der Waals surface area contributed by atoms with Crippen LogP contribution in [0.5, 0.6) is 0 Å². The molecule has 8 heteroatoms. The van der Waals surface area contributed by atoms with Gasteiger partial charge in [0.2, 0.25) is 5.65 Å². The van der Waals surface area contributed by atoms with Gasteiger partial charge in [-0.2, -0.15) is 4.52 Å². The minimum atomic E-state index is -0.325. The first-order chi connectivity index (χ1) is 13.6. The molecule has 7 nitrogen and oxygen atoms in total. The third kappa shape index (κ3) is 2.46. The molecule has 0 aliphatic carbocycles. The van der Waals surface area contributed by atoms with E-state index in [0.29, 0.717) is 22.6 Å². The molecule has 5 aromatic rings. The molecule has 0 aliphatic heterocycles. The third-order valence-corrected chi connectivity index (χ3v) is 4.72. The lowest BCUT2D eigenvalue weighted by atomic mass is 10.0. The Morgan fingerprint density at radius 2 is 1.79 bits per heavy atom. The van der Waals surface area contributed by atoms with E-state index in [1.165, 1.54) is 12.1 Å². The molecule has 0 unspecified atom stereocenters. The van der Waals surface area contributed by atoms with Crippen molar-refractivity contribution in [2.75, 3.05) is 5.73 Å². The molecule has 3 aromatic heterocycles. The second-order valence-electron chi connectivity index (χ2n) is 6.48. The number of rotatable bonds is 2. The van der Waals surface area contributed by atoms with Gasteiger partial charge in [0.05, 0.1) is 11.2 Å². The van der Waals surface area contributed by atoms with Crippen LogP contribution in [0.15, 0.2) is 54.7 Å². The maximum Gasteiger partial charge on any atom is 0.222 e. The van der Waals surface area contributed by atoms with Gasteiger partial charge in [0.25, 0.3) is 0 Å². The molecule has 0 bridgehead atoms. The summed E-state index contributed by atoms with van der Waals surface area (Å²) in [5, 5.41) is 12.8. The van der Waals surface area contributed by atoms with Gasteiger partial charge >= 0.3 is 0 Å². The molecule has 0 spiro atoms. The molecule has 2 N–H and O–H groups in total. The van der Waals surface area contributed by atoms with Crippen molar-refractivity contribution in [3.05, 3.63) is 66.1 Å². The number of aryl methyl sites for hydroxylation is 1. The number of nitrogens with zero attached hydrogens (tertiary/aromatic N) is 6. The van der Waals surface area contributed by atoms with E-state index in [1.54, 1.807) is 22.8 Å². The summed E-state index contributed by atoms with van der Waals surface area (Å²) in [4.78, 5) is 8.94. The predicted molar refractivity (Wildman–Crippen MR) is 104 cm³/mol. The zero-order valence-corrected chi connectivity index (χ0v) is 14.8.